The number of benzene rings is 3. The molecule has 0 spiro atoms. The topological polar surface area (TPSA) is 140 Å². The highest BCUT2D eigenvalue weighted by atomic mass is 16.3. The number of Topliss-reactive ketones (excluding diaryl/α,β-unsaturated/α-hetero) is 1. The SMILES string of the molecule is Cc1nnc(-c2ccc(CCC(=O)c3ccc(N=Nc4ccc(CCN)cc4O)cc3)cc2)nn1. The molecule has 0 bridgehead atoms. The predicted octanol–water partition coefficient (Wildman–Crippen LogP) is 4.68. The number of rotatable bonds is 9. The summed E-state index contributed by atoms with van der Waals surface area (Å²) in [5, 5.41) is 34.3. The molecule has 0 aliphatic rings. The lowest BCUT2D eigenvalue weighted by atomic mass is 10.0. The van der Waals surface area contributed by atoms with E-state index >= 15 is 0 Å². The number of hydrogen-bond donors (Lipinski definition) is 2. The highest BCUT2D eigenvalue weighted by Gasteiger charge is 2.08. The van der Waals surface area contributed by atoms with Crippen LogP contribution < -0.4 is 5.73 Å². The highest BCUT2D eigenvalue weighted by Crippen LogP contribution is 2.29. The summed E-state index contributed by atoms with van der Waals surface area (Å²) in [4.78, 5) is 12.6. The molecule has 1 aromatic heterocycles. The van der Waals surface area contributed by atoms with Crippen LogP contribution in [0.3, 0.4) is 0 Å². The molecule has 0 aliphatic heterocycles. The van der Waals surface area contributed by atoms with Gasteiger partial charge in [-0.25, -0.2) is 0 Å². The monoisotopic (exact) mass is 467 g/mol. The van der Waals surface area contributed by atoms with Crippen molar-refractivity contribution in [3.63, 3.8) is 0 Å². The summed E-state index contributed by atoms with van der Waals surface area (Å²) in [5.41, 5.74) is 9.92. The minimum Gasteiger partial charge on any atom is -0.506 e. The first-order valence-electron chi connectivity index (χ1n) is 11.2. The Hall–Kier alpha value is -4.37. The third-order valence-electron chi connectivity index (χ3n) is 5.37. The van der Waals surface area contributed by atoms with Crippen LogP contribution in [0.2, 0.25) is 0 Å². The Bertz CT molecular complexity index is 1320. The van der Waals surface area contributed by atoms with E-state index in [2.05, 4.69) is 30.6 Å². The Morgan fingerprint density at radius 3 is 2.20 bits per heavy atom. The average Bonchev–Trinajstić information content (AvgIpc) is 2.88. The Morgan fingerprint density at radius 2 is 1.54 bits per heavy atom. The molecule has 0 saturated carbocycles. The first-order chi connectivity index (χ1) is 17.0. The summed E-state index contributed by atoms with van der Waals surface area (Å²) in [6, 6.07) is 19.8. The molecule has 0 radical (unpaired) electrons. The molecule has 0 atom stereocenters. The molecule has 35 heavy (non-hydrogen) atoms. The van der Waals surface area contributed by atoms with Gasteiger partial charge in [-0.1, -0.05) is 30.3 Å². The van der Waals surface area contributed by atoms with Gasteiger partial charge in [0.1, 0.15) is 11.4 Å². The first kappa shape index (κ1) is 23.8. The van der Waals surface area contributed by atoms with Crippen molar-refractivity contribution < 1.29 is 9.90 Å². The van der Waals surface area contributed by atoms with Crippen LogP contribution in [0.1, 0.15) is 33.7 Å². The zero-order valence-electron chi connectivity index (χ0n) is 19.3. The molecule has 9 nitrogen and oxygen atoms in total. The van der Waals surface area contributed by atoms with E-state index in [0.717, 1.165) is 16.7 Å². The van der Waals surface area contributed by atoms with Crippen LogP contribution >= 0.6 is 0 Å². The fourth-order valence-electron chi connectivity index (χ4n) is 3.42. The van der Waals surface area contributed by atoms with Gasteiger partial charge in [-0.2, -0.15) is 5.11 Å². The second-order valence-corrected chi connectivity index (χ2v) is 8.00. The van der Waals surface area contributed by atoms with E-state index in [1.165, 1.54) is 0 Å². The molecule has 9 heteroatoms. The minimum atomic E-state index is 0.0426. The van der Waals surface area contributed by atoms with Crippen molar-refractivity contribution in [3.8, 4) is 17.1 Å². The summed E-state index contributed by atoms with van der Waals surface area (Å²) in [7, 11) is 0. The maximum absolute atomic E-state index is 12.6. The Balaban J connectivity index is 1.32. The summed E-state index contributed by atoms with van der Waals surface area (Å²) >= 11 is 0. The van der Waals surface area contributed by atoms with E-state index in [1.807, 2.05) is 30.3 Å². The number of hydrogen-bond acceptors (Lipinski definition) is 9. The molecular formula is C26H25N7O2. The number of aromatic hydroxyl groups is 1. The summed E-state index contributed by atoms with van der Waals surface area (Å²) in [6.45, 7) is 2.24. The Kier molecular flexibility index (Phi) is 7.59. The van der Waals surface area contributed by atoms with Gasteiger partial charge in [0.2, 0.25) is 5.82 Å². The van der Waals surface area contributed by atoms with Crippen molar-refractivity contribution in [1.82, 2.24) is 20.4 Å². The number of phenols is 1. The van der Waals surface area contributed by atoms with Crippen molar-refractivity contribution in [2.24, 2.45) is 16.0 Å². The van der Waals surface area contributed by atoms with Crippen molar-refractivity contribution in [2.45, 2.75) is 26.2 Å². The number of aryl methyl sites for hydroxylation is 2. The lowest BCUT2D eigenvalue weighted by Crippen LogP contribution is -2.02. The van der Waals surface area contributed by atoms with Gasteiger partial charge in [0.25, 0.3) is 0 Å². The Labute approximate surface area is 202 Å². The zero-order valence-corrected chi connectivity index (χ0v) is 19.3. The first-order valence-corrected chi connectivity index (χ1v) is 11.2. The van der Waals surface area contributed by atoms with Crippen LogP contribution in [0.5, 0.6) is 5.75 Å². The number of carbonyl (C=O) groups excluding carboxylic acids is 1. The Morgan fingerprint density at radius 1 is 0.857 bits per heavy atom. The molecule has 0 amide bonds. The van der Waals surface area contributed by atoms with Crippen molar-refractivity contribution in [1.29, 1.82) is 0 Å². The van der Waals surface area contributed by atoms with E-state index in [1.54, 1.807) is 43.3 Å². The molecule has 4 aromatic rings. The molecular weight excluding hydrogens is 442 g/mol. The van der Waals surface area contributed by atoms with Crippen LogP contribution in [0, 0.1) is 6.92 Å². The third kappa shape index (κ3) is 6.36. The largest absolute Gasteiger partial charge is 0.506 e. The third-order valence-corrected chi connectivity index (χ3v) is 5.37. The lowest BCUT2D eigenvalue weighted by molar-refractivity contribution is 0.0983. The highest BCUT2D eigenvalue weighted by molar-refractivity contribution is 5.96. The van der Waals surface area contributed by atoms with Gasteiger partial charge in [-0.15, -0.1) is 25.5 Å². The van der Waals surface area contributed by atoms with Crippen LogP contribution in [-0.4, -0.2) is 37.8 Å². The van der Waals surface area contributed by atoms with Gasteiger partial charge in [0.15, 0.2) is 11.6 Å². The van der Waals surface area contributed by atoms with Crippen LogP contribution in [0.4, 0.5) is 11.4 Å². The number of azo groups is 1. The molecule has 0 aliphatic carbocycles. The van der Waals surface area contributed by atoms with E-state index in [0.29, 0.717) is 54.4 Å². The van der Waals surface area contributed by atoms with Crippen LogP contribution in [0.15, 0.2) is 77.0 Å². The minimum absolute atomic E-state index is 0.0426. The average molecular weight is 468 g/mol. The standard InChI is InChI=1S/C26H25N7O2/c1-17-28-32-26(33-29-17)21-6-2-18(3-7-21)5-13-24(34)20-8-10-22(11-9-20)30-31-23-12-4-19(14-15-27)16-25(23)35/h2-4,6-12,16,35H,5,13-15,27H2,1H3. The second-order valence-electron chi connectivity index (χ2n) is 8.00. The van der Waals surface area contributed by atoms with Gasteiger partial charge in [-0.3, -0.25) is 4.79 Å². The molecule has 0 fully saturated rings. The molecule has 0 unspecified atom stereocenters. The molecule has 3 aromatic carbocycles. The van der Waals surface area contributed by atoms with Crippen LogP contribution in [0.25, 0.3) is 11.4 Å². The number of nitrogens with two attached hydrogens (primary N) is 1. The number of aromatic nitrogens is 4. The number of phenolic OH excluding ortho intramolecular Hbond substituents is 1. The van der Waals surface area contributed by atoms with Crippen molar-refractivity contribution in [2.75, 3.05) is 6.54 Å². The van der Waals surface area contributed by atoms with Gasteiger partial charge in [0, 0.05) is 17.5 Å². The zero-order chi connectivity index (χ0) is 24.6. The quantitative estimate of drug-likeness (QED) is 0.269. The summed E-state index contributed by atoms with van der Waals surface area (Å²) in [6.07, 6.45) is 1.68. The number of carbonyl (C=O) groups is 1. The van der Waals surface area contributed by atoms with Crippen LogP contribution in [-0.2, 0) is 12.8 Å². The van der Waals surface area contributed by atoms with Gasteiger partial charge in [-0.05, 0) is 73.8 Å². The molecule has 176 valence electrons. The summed E-state index contributed by atoms with van der Waals surface area (Å²) in [5.74, 6) is 1.09. The van der Waals surface area contributed by atoms with Crippen molar-refractivity contribution >= 4 is 17.2 Å². The molecule has 4 rings (SSSR count). The lowest BCUT2D eigenvalue weighted by Gasteiger charge is -2.04. The molecule has 1 heterocycles. The summed E-state index contributed by atoms with van der Waals surface area (Å²) < 4.78 is 0. The van der Waals surface area contributed by atoms with Gasteiger partial charge in [0.05, 0.1) is 5.69 Å². The predicted molar refractivity (Wildman–Crippen MR) is 132 cm³/mol. The van der Waals surface area contributed by atoms with E-state index in [-0.39, 0.29) is 11.5 Å². The van der Waals surface area contributed by atoms with Crippen molar-refractivity contribution in [3.05, 3.63) is 89.2 Å². The van der Waals surface area contributed by atoms with Gasteiger partial charge >= 0.3 is 0 Å². The molecule has 0 saturated heterocycles. The number of ketones is 1. The molecule has 3 N–H and O–H groups in total. The normalized spacial score (nSPS) is 11.1. The van der Waals surface area contributed by atoms with E-state index in [4.69, 9.17) is 5.73 Å². The maximum atomic E-state index is 12.6. The second kappa shape index (κ2) is 11.2. The van der Waals surface area contributed by atoms with Gasteiger partial charge < -0.3 is 10.8 Å². The van der Waals surface area contributed by atoms with E-state index < -0.39 is 0 Å². The number of nitrogens with zero attached hydrogens (tertiary/aromatic N) is 6. The van der Waals surface area contributed by atoms with E-state index in [9.17, 15) is 9.90 Å². The fourth-order valence-corrected chi connectivity index (χ4v) is 3.42. The fraction of sp³-hybridized carbons (Fsp3) is 0.192. The maximum Gasteiger partial charge on any atom is 0.203 e. The smallest absolute Gasteiger partial charge is 0.203 e.